The normalized spacial score (nSPS) is 23.7. The van der Waals surface area contributed by atoms with Crippen LogP contribution in [0.5, 0.6) is 0 Å². The van der Waals surface area contributed by atoms with Crippen LogP contribution in [0.25, 0.3) is 0 Å². The molecule has 0 saturated carbocycles. The van der Waals surface area contributed by atoms with Gasteiger partial charge in [0, 0.05) is 13.8 Å². The molecule has 0 radical (unpaired) electrons. The Kier molecular flexibility index (Phi) is 3.44. The monoisotopic (exact) mass is 279 g/mol. The molecule has 2 aliphatic rings. The molecule has 106 valence electrons. The third kappa shape index (κ3) is 2.34. The highest BCUT2D eigenvalue weighted by Crippen LogP contribution is 2.31. The third-order valence-corrected chi connectivity index (χ3v) is 3.07. The van der Waals surface area contributed by atoms with E-state index in [2.05, 4.69) is 0 Å². The molecule has 0 unspecified atom stereocenters. The van der Waals surface area contributed by atoms with Gasteiger partial charge in [0.1, 0.15) is 12.6 Å². The third-order valence-electron chi connectivity index (χ3n) is 3.07. The minimum absolute atomic E-state index is 0.117. The molecule has 2 amide bonds. The maximum absolute atomic E-state index is 11.6. The largest absolute Gasteiger partial charge is 0.448 e. The van der Waals surface area contributed by atoms with Crippen molar-refractivity contribution in [1.82, 2.24) is 4.90 Å². The highest BCUT2D eigenvalue weighted by atomic mass is 16.6. The lowest BCUT2D eigenvalue weighted by Gasteiger charge is -2.35. The summed E-state index contributed by atoms with van der Waals surface area (Å²) in [5.74, 6) is -1.40. The quantitative estimate of drug-likeness (QED) is 0.677. The number of carbonyl (C=O) groups excluding carboxylic acids is 4. The van der Waals surface area contributed by atoms with Gasteiger partial charge < -0.3 is 9.47 Å². The minimum Gasteiger partial charge on any atom is -0.448 e. The van der Waals surface area contributed by atoms with Gasteiger partial charge >= 0.3 is 12.1 Å². The Bertz CT molecular complexity index is 531. The number of allylic oxidation sites excluding steroid dienone is 2. The van der Waals surface area contributed by atoms with Gasteiger partial charge in [0.15, 0.2) is 11.4 Å². The van der Waals surface area contributed by atoms with E-state index in [9.17, 15) is 19.2 Å². The average Bonchev–Trinajstić information content (AvgIpc) is 2.74. The summed E-state index contributed by atoms with van der Waals surface area (Å²) in [6, 6.07) is -0.836. The SMILES string of the molecule is CC(=O)OC1([C@H]2COC(=O)N2C(C)=O)C=CC(=O)C=C1. The van der Waals surface area contributed by atoms with Gasteiger partial charge in [0.25, 0.3) is 0 Å². The second-order valence-corrected chi connectivity index (χ2v) is 4.50. The van der Waals surface area contributed by atoms with Gasteiger partial charge in [-0.15, -0.1) is 0 Å². The zero-order valence-electron chi connectivity index (χ0n) is 11.0. The van der Waals surface area contributed by atoms with Crippen LogP contribution >= 0.6 is 0 Å². The highest BCUT2D eigenvalue weighted by Gasteiger charge is 2.50. The number of carbonyl (C=O) groups is 4. The van der Waals surface area contributed by atoms with E-state index in [1.165, 1.54) is 38.2 Å². The fraction of sp³-hybridized carbons (Fsp3) is 0.385. The standard InChI is InChI=1S/C13H13NO6/c1-8(15)14-11(7-19-12(14)18)13(20-9(2)16)5-3-10(17)4-6-13/h3-6,11H,7H2,1-2H3/t11-/m1/s1. The Morgan fingerprint density at radius 2 is 1.90 bits per heavy atom. The fourth-order valence-electron chi connectivity index (χ4n) is 2.24. The Hall–Kier alpha value is -2.44. The molecule has 1 aliphatic carbocycles. The Balaban J connectivity index is 2.42. The molecule has 7 heteroatoms. The summed E-state index contributed by atoms with van der Waals surface area (Å²) in [7, 11) is 0. The Morgan fingerprint density at radius 3 is 2.40 bits per heavy atom. The van der Waals surface area contributed by atoms with Crippen LogP contribution in [0.2, 0.25) is 0 Å². The fourth-order valence-corrected chi connectivity index (χ4v) is 2.24. The molecule has 0 aromatic carbocycles. The van der Waals surface area contributed by atoms with Crippen molar-refractivity contribution in [2.24, 2.45) is 0 Å². The summed E-state index contributed by atoms with van der Waals surface area (Å²) < 4.78 is 10.1. The van der Waals surface area contributed by atoms with Crippen LogP contribution in [0, 0.1) is 0 Å². The molecule has 1 heterocycles. The van der Waals surface area contributed by atoms with Crippen LogP contribution in [-0.4, -0.2) is 46.9 Å². The smallest absolute Gasteiger partial charge is 0.417 e. The van der Waals surface area contributed by atoms with E-state index in [1.54, 1.807) is 0 Å². The van der Waals surface area contributed by atoms with Crippen LogP contribution < -0.4 is 0 Å². The lowest BCUT2D eigenvalue weighted by molar-refractivity contribution is -0.154. The number of rotatable bonds is 2. The van der Waals surface area contributed by atoms with Gasteiger partial charge in [-0.2, -0.15) is 0 Å². The number of esters is 1. The Morgan fingerprint density at radius 1 is 1.30 bits per heavy atom. The zero-order chi connectivity index (χ0) is 14.9. The lowest BCUT2D eigenvalue weighted by atomic mass is 9.88. The van der Waals surface area contributed by atoms with Crippen LogP contribution in [0.3, 0.4) is 0 Å². The highest BCUT2D eigenvalue weighted by molar-refractivity contribution is 6.01. The van der Waals surface area contributed by atoms with Crippen molar-refractivity contribution in [1.29, 1.82) is 0 Å². The molecule has 20 heavy (non-hydrogen) atoms. The van der Waals surface area contributed by atoms with Crippen molar-refractivity contribution in [3.8, 4) is 0 Å². The molecule has 0 aromatic rings. The van der Waals surface area contributed by atoms with Crippen LogP contribution in [-0.2, 0) is 23.9 Å². The lowest BCUT2D eigenvalue weighted by Crippen LogP contribution is -2.54. The molecular formula is C13H13NO6. The first-order valence-electron chi connectivity index (χ1n) is 5.94. The summed E-state index contributed by atoms with van der Waals surface area (Å²) in [5, 5.41) is 0. The molecule has 7 nitrogen and oxygen atoms in total. The van der Waals surface area contributed by atoms with Gasteiger partial charge in [-0.25, -0.2) is 9.69 Å². The van der Waals surface area contributed by atoms with Gasteiger partial charge in [0.2, 0.25) is 5.91 Å². The molecule has 1 atom stereocenters. The molecule has 1 fully saturated rings. The van der Waals surface area contributed by atoms with E-state index in [0.29, 0.717) is 0 Å². The van der Waals surface area contributed by atoms with E-state index in [0.717, 1.165) is 4.90 Å². The van der Waals surface area contributed by atoms with Crippen molar-refractivity contribution in [2.45, 2.75) is 25.5 Å². The maximum Gasteiger partial charge on any atom is 0.417 e. The van der Waals surface area contributed by atoms with E-state index < -0.39 is 29.6 Å². The van der Waals surface area contributed by atoms with E-state index in [-0.39, 0.29) is 12.4 Å². The van der Waals surface area contributed by atoms with E-state index in [4.69, 9.17) is 9.47 Å². The number of hydrogen-bond donors (Lipinski definition) is 0. The van der Waals surface area contributed by atoms with Crippen molar-refractivity contribution in [3.63, 3.8) is 0 Å². The van der Waals surface area contributed by atoms with Gasteiger partial charge in [0.05, 0.1) is 0 Å². The van der Waals surface area contributed by atoms with Gasteiger partial charge in [-0.1, -0.05) is 0 Å². The number of nitrogens with zero attached hydrogens (tertiary/aromatic N) is 1. The Labute approximate surface area is 114 Å². The number of imide groups is 1. The summed E-state index contributed by atoms with van der Waals surface area (Å²) in [6.45, 7) is 2.30. The van der Waals surface area contributed by atoms with Crippen LogP contribution in [0.15, 0.2) is 24.3 Å². The predicted molar refractivity (Wildman–Crippen MR) is 65.4 cm³/mol. The number of amides is 2. The first-order chi connectivity index (χ1) is 9.35. The molecular weight excluding hydrogens is 266 g/mol. The zero-order valence-corrected chi connectivity index (χ0v) is 11.0. The van der Waals surface area contributed by atoms with Gasteiger partial charge in [-0.3, -0.25) is 14.4 Å². The van der Waals surface area contributed by atoms with Crippen LogP contribution in [0.4, 0.5) is 4.79 Å². The molecule has 1 saturated heterocycles. The predicted octanol–water partition coefficient (Wildman–Crippen LogP) is 0.351. The molecule has 1 aliphatic heterocycles. The molecule has 0 N–H and O–H groups in total. The van der Waals surface area contributed by atoms with Crippen molar-refractivity contribution in [3.05, 3.63) is 24.3 Å². The second kappa shape index (κ2) is 4.92. The van der Waals surface area contributed by atoms with Crippen LogP contribution in [0.1, 0.15) is 13.8 Å². The van der Waals surface area contributed by atoms with E-state index in [1.807, 2.05) is 0 Å². The molecule has 2 rings (SSSR count). The van der Waals surface area contributed by atoms with Crippen molar-refractivity contribution in [2.75, 3.05) is 6.61 Å². The molecule has 0 spiro atoms. The summed E-state index contributed by atoms with van der Waals surface area (Å²) in [4.78, 5) is 46.6. The number of ketones is 1. The van der Waals surface area contributed by atoms with Crippen molar-refractivity contribution >= 4 is 23.8 Å². The first kappa shape index (κ1) is 14.0. The summed E-state index contributed by atoms with van der Waals surface area (Å²) in [6.07, 6.45) is 4.37. The molecule has 0 bridgehead atoms. The van der Waals surface area contributed by atoms with Gasteiger partial charge in [-0.05, 0) is 24.3 Å². The summed E-state index contributed by atoms with van der Waals surface area (Å²) in [5.41, 5.74) is -1.38. The molecule has 0 aromatic heterocycles. The average molecular weight is 279 g/mol. The summed E-state index contributed by atoms with van der Waals surface area (Å²) >= 11 is 0. The number of hydrogen-bond acceptors (Lipinski definition) is 6. The maximum atomic E-state index is 11.6. The topological polar surface area (TPSA) is 90.0 Å². The number of cyclic esters (lactones) is 1. The number of ether oxygens (including phenoxy) is 2. The first-order valence-corrected chi connectivity index (χ1v) is 5.94. The van der Waals surface area contributed by atoms with E-state index >= 15 is 0 Å². The minimum atomic E-state index is -1.38. The van der Waals surface area contributed by atoms with Crippen molar-refractivity contribution < 1.29 is 28.7 Å². The second-order valence-electron chi connectivity index (χ2n) is 4.50.